The molecule has 0 aromatic heterocycles. The van der Waals surface area contributed by atoms with Gasteiger partial charge >= 0.3 is 0 Å². The summed E-state index contributed by atoms with van der Waals surface area (Å²) in [5.41, 5.74) is 2.24. The van der Waals surface area contributed by atoms with E-state index in [1.807, 2.05) is 109 Å². The minimum atomic E-state index is -2.89. The van der Waals surface area contributed by atoms with Crippen molar-refractivity contribution in [1.82, 2.24) is 0 Å². The van der Waals surface area contributed by atoms with Gasteiger partial charge in [0.2, 0.25) is 0 Å². The van der Waals surface area contributed by atoms with Crippen molar-refractivity contribution < 1.29 is 4.57 Å². The minimum absolute atomic E-state index is 0.848. The van der Waals surface area contributed by atoms with E-state index in [0.29, 0.717) is 0 Å². The van der Waals surface area contributed by atoms with Crippen molar-refractivity contribution in [2.24, 2.45) is 0 Å². The summed E-state index contributed by atoms with van der Waals surface area (Å²) in [7, 11) is -2.89. The predicted molar refractivity (Wildman–Crippen MR) is 110 cm³/mol. The fourth-order valence-corrected chi connectivity index (χ4v) is 5.81. The summed E-state index contributed by atoms with van der Waals surface area (Å²) in [5.74, 6) is 0. The van der Waals surface area contributed by atoms with E-state index in [1.54, 1.807) is 0 Å². The van der Waals surface area contributed by atoms with Crippen LogP contribution in [0, 0.1) is 6.07 Å². The maximum absolute atomic E-state index is 14.3. The molecule has 0 saturated carbocycles. The maximum Gasteiger partial charge on any atom is 0.171 e. The molecule has 0 bridgehead atoms. The van der Waals surface area contributed by atoms with Crippen LogP contribution in [0.3, 0.4) is 0 Å². The Morgan fingerprint density at radius 3 is 1.42 bits per heavy atom. The summed E-state index contributed by atoms with van der Waals surface area (Å²) < 4.78 is 14.3. The normalized spacial score (nSPS) is 11.2. The lowest BCUT2D eigenvalue weighted by atomic mass is 10.1. The van der Waals surface area contributed by atoms with Gasteiger partial charge in [-0.1, -0.05) is 109 Å². The van der Waals surface area contributed by atoms with Gasteiger partial charge in [-0.3, -0.25) is 0 Å². The highest BCUT2D eigenvalue weighted by atomic mass is 31.2. The van der Waals surface area contributed by atoms with Crippen LogP contribution in [-0.4, -0.2) is 0 Å². The number of benzene rings is 4. The SMILES string of the molecule is O=P(c1ccccc1)(c1ccccc1)c1ccc(-c2cc[c]cc2)cc1. The lowest BCUT2D eigenvalue weighted by molar-refractivity contribution is 0.592. The van der Waals surface area contributed by atoms with E-state index in [1.165, 1.54) is 0 Å². The fraction of sp³-hybridized carbons (Fsp3) is 0. The van der Waals surface area contributed by atoms with Crippen LogP contribution in [0.5, 0.6) is 0 Å². The first-order chi connectivity index (χ1) is 12.8. The number of hydrogen-bond acceptors (Lipinski definition) is 1. The van der Waals surface area contributed by atoms with Crippen LogP contribution in [-0.2, 0) is 4.57 Å². The van der Waals surface area contributed by atoms with Crippen LogP contribution >= 0.6 is 7.14 Å². The molecular formula is C24H18OP. The van der Waals surface area contributed by atoms with Crippen molar-refractivity contribution in [2.75, 3.05) is 0 Å². The molecule has 0 saturated heterocycles. The number of rotatable bonds is 4. The largest absolute Gasteiger partial charge is 0.309 e. The van der Waals surface area contributed by atoms with Crippen molar-refractivity contribution in [1.29, 1.82) is 0 Å². The molecule has 4 aromatic rings. The van der Waals surface area contributed by atoms with Crippen LogP contribution in [0.4, 0.5) is 0 Å². The summed E-state index contributed by atoms with van der Waals surface area (Å²) in [6.07, 6.45) is 0. The molecule has 0 aliphatic carbocycles. The summed E-state index contributed by atoms with van der Waals surface area (Å²) >= 11 is 0. The Labute approximate surface area is 154 Å². The Morgan fingerprint density at radius 1 is 0.500 bits per heavy atom. The van der Waals surface area contributed by atoms with E-state index in [4.69, 9.17) is 0 Å². The molecule has 0 unspecified atom stereocenters. The fourth-order valence-electron chi connectivity index (χ4n) is 3.17. The molecular weight excluding hydrogens is 335 g/mol. The quantitative estimate of drug-likeness (QED) is 0.482. The smallest absolute Gasteiger partial charge is 0.171 e. The molecule has 1 nitrogen and oxygen atoms in total. The molecule has 0 atom stereocenters. The van der Waals surface area contributed by atoms with E-state index in [-0.39, 0.29) is 0 Å². The van der Waals surface area contributed by atoms with Gasteiger partial charge in [-0.15, -0.1) is 0 Å². The van der Waals surface area contributed by atoms with Gasteiger partial charge in [0.1, 0.15) is 0 Å². The third-order valence-electron chi connectivity index (χ3n) is 4.52. The second kappa shape index (κ2) is 7.15. The molecule has 4 rings (SSSR count). The van der Waals surface area contributed by atoms with E-state index >= 15 is 0 Å². The second-order valence-corrected chi connectivity index (χ2v) is 8.88. The van der Waals surface area contributed by atoms with Crippen LogP contribution in [0.25, 0.3) is 11.1 Å². The summed E-state index contributed by atoms with van der Waals surface area (Å²) in [6, 6.07) is 38.5. The van der Waals surface area contributed by atoms with Crippen molar-refractivity contribution in [2.45, 2.75) is 0 Å². The predicted octanol–water partition coefficient (Wildman–Crippen LogP) is 4.79. The average molecular weight is 353 g/mol. The lowest BCUT2D eigenvalue weighted by Gasteiger charge is -2.20. The van der Waals surface area contributed by atoms with Crippen LogP contribution in [0.1, 0.15) is 0 Å². The number of hydrogen-bond donors (Lipinski definition) is 0. The zero-order valence-electron chi connectivity index (χ0n) is 14.2. The highest BCUT2D eigenvalue weighted by Crippen LogP contribution is 2.42. The van der Waals surface area contributed by atoms with Gasteiger partial charge in [-0.05, 0) is 17.2 Å². The minimum Gasteiger partial charge on any atom is -0.309 e. The lowest BCUT2D eigenvalue weighted by Crippen LogP contribution is -2.24. The van der Waals surface area contributed by atoms with Crippen LogP contribution < -0.4 is 15.9 Å². The Kier molecular flexibility index (Phi) is 4.56. The Morgan fingerprint density at radius 2 is 0.923 bits per heavy atom. The average Bonchev–Trinajstić information content (AvgIpc) is 2.75. The molecule has 0 N–H and O–H groups in total. The topological polar surface area (TPSA) is 17.1 Å². The van der Waals surface area contributed by atoms with E-state index in [2.05, 4.69) is 6.07 Å². The van der Waals surface area contributed by atoms with Gasteiger partial charge < -0.3 is 4.57 Å². The molecule has 125 valence electrons. The molecule has 26 heavy (non-hydrogen) atoms. The Hall–Kier alpha value is -2.89. The van der Waals surface area contributed by atoms with Crippen LogP contribution in [0.15, 0.2) is 109 Å². The molecule has 0 spiro atoms. The zero-order valence-corrected chi connectivity index (χ0v) is 15.1. The maximum atomic E-state index is 14.3. The summed E-state index contributed by atoms with van der Waals surface area (Å²) in [5, 5.41) is 2.56. The highest BCUT2D eigenvalue weighted by Gasteiger charge is 2.29. The molecule has 2 heteroatoms. The second-order valence-electron chi connectivity index (χ2n) is 6.12. The monoisotopic (exact) mass is 353 g/mol. The van der Waals surface area contributed by atoms with Crippen LogP contribution in [0.2, 0.25) is 0 Å². The molecule has 0 fully saturated rings. The standard InChI is InChI=1S/C24H18OP/c25-26(22-12-6-2-7-13-22,23-14-8-3-9-15-23)24-18-16-21(17-19-24)20-10-4-1-5-11-20/h2-19H. The molecule has 0 aliphatic rings. The first-order valence-electron chi connectivity index (χ1n) is 8.57. The van der Waals surface area contributed by atoms with E-state index in [0.717, 1.165) is 27.0 Å². The summed E-state index contributed by atoms with van der Waals surface area (Å²) in [6.45, 7) is 0. The van der Waals surface area contributed by atoms with Gasteiger partial charge in [0.05, 0.1) is 0 Å². The van der Waals surface area contributed by atoms with E-state index < -0.39 is 7.14 Å². The van der Waals surface area contributed by atoms with Crippen molar-refractivity contribution in [3.63, 3.8) is 0 Å². The third-order valence-corrected chi connectivity index (χ3v) is 7.60. The Bertz CT molecular complexity index is 980. The first-order valence-corrected chi connectivity index (χ1v) is 10.3. The molecule has 4 aromatic carbocycles. The van der Waals surface area contributed by atoms with Gasteiger partial charge in [0.25, 0.3) is 0 Å². The summed E-state index contributed by atoms with van der Waals surface area (Å²) in [4.78, 5) is 0. The van der Waals surface area contributed by atoms with Gasteiger partial charge in [0.15, 0.2) is 7.14 Å². The van der Waals surface area contributed by atoms with Gasteiger partial charge in [-0.25, -0.2) is 0 Å². The Balaban J connectivity index is 1.84. The van der Waals surface area contributed by atoms with Gasteiger partial charge in [-0.2, -0.15) is 0 Å². The molecule has 1 radical (unpaired) electrons. The van der Waals surface area contributed by atoms with Gasteiger partial charge in [0, 0.05) is 15.9 Å². The molecule has 0 heterocycles. The molecule has 0 aliphatic heterocycles. The van der Waals surface area contributed by atoms with E-state index in [9.17, 15) is 4.57 Å². The third kappa shape index (κ3) is 3.03. The highest BCUT2D eigenvalue weighted by molar-refractivity contribution is 7.85. The van der Waals surface area contributed by atoms with Crippen molar-refractivity contribution >= 4 is 23.1 Å². The molecule has 0 amide bonds. The van der Waals surface area contributed by atoms with Crippen molar-refractivity contribution in [3.05, 3.63) is 115 Å². The first kappa shape index (κ1) is 16.6. The zero-order chi connectivity index (χ0) is 17.8. The van der Waals surface area contributed by atoms with Crippen molar-refractivity contribution in [3.8, 4) is 11.1 Å².